The van der Waals surface area contributed by atoms with Gasteiger partial charge in [-0.25, -0.2) is 4.79 Å². The summed E-state index contributed by atoms with van der Waals surface area (Å²) in [4.78, 5) is 10.2. The minimum atomic E-state index is -0.926. The van der Waals surface area contributed by atoms with Crippen LogP contribution in [0.4, 0.5) is 0 Å². The van der Waals surface area contributed by atoms with E-state index in [1.807, 2.05) is 6.08 Å². The third kappa shape index (κ3) is 16.9. The van der Waals surface area contributed by atoms with Crippen molar-refractivity contribution in [2.45, 2.75) is 83.7 Å². The largest absolute Gasteiger partial charge is 0.478 e. The topological polar surface area (TPSA) is 57.5 Å². The maximum atomic E-state index is 10.2. The minimum Gasteiger partial charge on any atom is -0.478 e. The van der Waals surface area contributed by atoms with Crippen LogP contribution in [0.5, 0.6) is 0 Å². The maximum absolute atomic E-state index is 10.2. The Morgan fingerprint density at radius 3 is 2.24 bits per heavy atom. The molecule has 122 valence electrons. The van der Waals surface area contributed by atoms with Crippen LogP contribution < -0.4 is 0 Å². The number of carbonyl (C=O) groups is 1. The van der Waals surface area contributed by atoms with Crippen LogP contribution in [0.15, 0.2) is 24.3 Å². The average Bonchev–Trinajstić information content (AvgIpc) is 2.45. The summed E-state index contributed by atoms with van der Waals surface area (Å²) in [7, 11) is 0. The number of hydrogen-bond acceptors (Lipinski definition) is 2. The van der Waals surface area contributed by atoms with Gasteiger partial charge in [-0.05, 0) is 25.7 Å². The summed E-state index contributed by atoms with van der Waals surface area (Å²) in [6, 6.07) is 0. The summed E-state index contributed by atoms with van der Waals surface area (Å²) in [5.41, 5.74) is 0. The summed E-state index contributed by atoms with van der Waals surface area (Å²) in [5, 5.41) is 18.2. The third-order valence-electron chi connectivity index (χ3n) is 3.54. The van der Waals surface area contributed by atoms with Gasteiger partial charge in [0.25, 0.3) is 0 Å². The van der Waals surface area contributed by atoms with Crippen LogP contribution in [0.3, 0.4) is 0 Å². The third-order valence-corrected chi connectivity index (χ3v) is 3.54. The van der Waals surface area contributed by atoms with Crippen LogP contribution in [-0.4, -0.2) is 22.3 Å². The van der Waals surface area contributed by atoms with E-state index in [4.69, 9.17) is 5.11 Å². The molecule has 2 N–H and O–H groups in total. The second-order valence-corrected chi connectivity index (χ2v) is 5.62. The monoisotopic (exact) mass is 296 g/mol. The molecule has 0 aliphatic carbocycles. The van der Waals surface area contributed by atoms with Crippen molar-refractivity contribution in [1.82, 2.24) is 0 Å². The molecule has 0 rings (SSSR count). The van der Waals surface area contributed by atoms with Crippen molar-refractivity contribution in [2.75, 3.05) is 0 Å². The van der Waals surface area contributed by atoms with E-state index in [1.165, 1.54) is 44.6 Å². The molecule has 0 aromatic heterocycles. The first-order valence-corrected chi connectivity index (χ1v) is 8.41. The fourth-order valence-electron chi connectivity index (χ4n) is 2.27. The number of aliphatic hydroxyl groups is 1. The predicted molar refractivity (Wildman–Crippen MR) is 88.4 cm³/mol. The molecule has 0 fully saturated rings. The molecule has 1 unspecified atom stereocenters. The van der Waals surface area contributed by atoms with Gasteiger partial charge in [-0.1, -0.05) is 70.1 Å². The molecule has 0 amide bonds. The number of allylic oxidation sites excluding steroid dienone is 3. The Morgan fingerprint density at radius 1 is 0.952 bits per heavy atom. The number of carboxylic acid groups (broad SMARTS) is 1. The molecule has 1 atom stereocenters. The summed E-state index contributed by atoms with van der Waals surface area (Å²) >= 11 is 0. The van der Waals surface area contributed by atoms with Crippen LogP contribution in [0.2, 0.25) is 0 Å². The molecule has 3 nitrogen and oxygen atoms in total. The highest BCUT2D eigenvalue weighted by molar-refractivity contribution is 5.80. The first-order valence-electron chi connectivity index (χ1n) is 8.41. The Balaban J connectivity index is 3.34. The summed E-state index contributed by atoms with van der Waals surface area (Å²) in [5.74, 6) is -0.926. The molecule has 0 bridgehead atoms. The Morgan fingerprint density at radius 2 is 1.57 bits per heavy atom. The molecule has 0 spiro atoms. The molecule has 0 aliphatic rings. The van der Waals surface area contributed by atoms with Crippen molar-refractivity contribution in [3.63, 3.8) is 0 Å². The number of unbranched alkanes of at least 4 members (excludes halogenated alkanes) is 7. The van der Waals surface area contributed by atoms with Gasteiger partial charge >= 0.3 is 5.97 Å². The molecule has 0 saturated heterocycles. The Hall–Kier alpha value is -1.09. The highest BCUT2D eigenvalue weighted by atomic mass is 16.4. The summed E-state index contributed by atoms with van der Waals surface area (Å²) < 4.78 is 0. The zero-order valence-electron chi connectivity index (χ0n) is 13.5. The van der Waals surface area contributed by atoms with Gasteiger partial charge < -0.3 is 10.2 Å². The lowest BCUT2D eigenvalue weighted by atomic mass is 10.0. The summed E-state index contributed by atoms with van der Waals surface area (Å²) in [6.45, 7) is 2.23. The standard InChI is InChI=1S/C18H32O3/c1-2-3-4-5-6-8-11-14-17(19)15-12-9-7-10-13-16-18(20)21/h7,10,13,16-17,19H,2-6,8-9,11-12,14-15H2,1H3,(H,20,21)/b10-7+,16-13+. The Kier molecular flexibility index (Phi) is 14.5. The van der Waals surface area contributed by atoms with Crippen molar-refractivity contribution in [1.29, 1.82) is 0 Å². The quantitative estimate of drug-likeness (QED) is 0.273. The lowest BCUT2D eigenvalue weighted by Crippen LogP contribution is -2.05. The van der Waals surface area contributed by atoms with Gasteiger partial charge in [-0.2, -0.15) is 0 Å². The molecule has 0 aliphatic heterocycles. The zero-order valence-corrected chi connectivity index (χ0v) is 13.5. The van der Waals surface area contributed by atoms with E-state index in [0.717, 1.165) is 38.2 Å². The molecule has 0 saturated carbocycles. The second-order valence-electron chi connectivity index (χ2n) is 5.62. The van der Waals surface area contributed by atoms with Crippen molar-refractivity contribution < 1.29 is 15.0 Å². The average molecular weight is 296 g/mol. The van der Waals surface area contributed by atoms with E-state index >= 15 is 0 Å². The summed E-state index contributed by atoms with van der Waals surface area (Å²) in [6.07, 6.45) is 18.7. The molecule has 0 aromatic rings. The van der Waals surface area contributed by atoms with E-state index in [0.29, 0.717) is 0 Å². The second kappa shape index (κ2) is 15.3. The lowest BCUT2D eigenvalue weighted by molar-refractivity contribution is -0.131. The van der Waals surface area contributed by atoms with E-state index in [-0.39, 0.29) is 6.10 Å². The minimum absolute atomic E-state index is 0.177. The van der Waals surface area contributed by atoms with Crippen molar-refractivity contribution in [2.24, 2.45) is 0 Å². The maximum Gasteiger partial charge on any atom is 0.328 e. The van der Waals surface area contributed by atoms with Crippen LogP contribution in [0.25, 0.3) is 0 Å². The number of aliphatic hydroxyl groups excluding tert-OH is 1. The first-order chi connectivity index (χ1) is 10.2. The van der Waals surface area contributed by atoms with Gasteiger partial charge in [-0.3, -0.25) is 0 Å². The highest BCUT2D eigenvalue weighted by Crippen LogP contribution is 2.12. The van der Waals surface area contributed by atoms with Crippen molar-refractivity contribution >= 4 is 5.97 Å². The van der Waals surface area contributed by atoms with Gasteiger partial charge in [0.1, 0.15) is 0 Å². The number of hydrogen-bond donors (Lipinski definition) is 2. The SMILES string of the molecule is CCCCCCCCCC(O)CCC/C=C/C=C/C(=O)O. The van der Waals surface area contributed by atoms with E-state index in [9.17, 15) is 9.90 Å². The van der Waals surface area contributed by atoms with E-state index in [1.54, 1.807) is 6.08 Å². The van der Waals surface area contributed by atoms with Gasteiger partial charge in [-0.15, -0.1) is 0 Å². The normalized spacial score (nSPS) is 13.2. The lowest BCUT2D eigenvalue weighted by Gasteiger charge is -2.09. The van der Waals surface area contributed by atoms with Crippen LogP contribution in [0, 0.1) is 0 Å². The van der Waals surface area contributed by atoms with Gasteiger partial charge in [0.15, 0.2) is 0 Å². The molecule has 0 heterocycles. The van der Waals surface area contributed by atoms with Crippen molar-refractivity contribution in [3.05, 3.63) is 24.3 Å². The van der Waals surface area contributed by atoms with E-state index in [2.05, 4.69) is 6.92 Å². The van der Waals surface area contributed by atoms with Gasteiger partial charge in [0, 0.05) is 6.08 Å². The fraction of sp³-hybridized carbons (Fsp3) is 0.722. The predicted octanol–water partition coefficient (Wildman–Crippen LogP) is 4.86. The molecular weight excluding hydrogens is 264 g/mol. The first kappa shape index (κ1) is 19.9. The molecule has 0 radical (unpaired) electrons. The smallest absolute Gasteiger partial charge is 0.328 e. The molecule has 21 heavy (non-hydrogen) atoms. The van der Waals surface area contributed by atoms with Crippen LogP contribution in [-0.2, 0) is 4.79 Å². The van der Waals surface area contributed by atoms with E-state index < -0.39 is 5.97 Å². The highest BCUT2D eigenvalue weighted by Gasteiger charge is 2.02. The van der Waals surface area contributed by atoms with Crippen molar-refractivity contribution in [3.8, 4) is 0 Å². The Labute approximate surface area is 129 Å². The number of rotatable bonds is 14. The zero-order chi connectivity index (χ0) is 15.8. The van der Waals surface area contributed by atoms with Crippen LogP contribution in [0.1, 0.15) is 77.6 Å². The number of aliphatic carboxylic acids is 1. The molecular formula is C18H32O3. The molecule has 0 aromatic carbocycles. The number of carboxylic acids is 1. The fourth-order valence-corrected chi connectivity index (χ4v) is 2.27. The van der Waals surface area contributed by atoms with Gasteiger partial charge in [0.05, 0.1) is 6.10 Å². The Bertz CT molecular complexity index is 295. The molecule has 3 heteroatoms. The van der Waals surface area contributed by atoms with Gasteiger partial charge in [0.2, 0.25) is 0 Å². The van der Waals surface area contributed by atoms with Crippen LogP contribution >= 0.6 is 0 Å².